The van der Waals surface area contributed by atoms with Gasteiger partial charge in [-0.1, -0.05) is 41.9 Å². The van der Waals surface area contributed by atoms with Crippen molar-refractivity contribution in [1.29, 1.82) is 0 Å². The number of benzene rings is 2. The number of nitrogens with zero attached hydrogens (tertiary/aromatic N) is 4. The third kappa shape index (κ3) is 4.60. The first kappa shape index (κ1) is 23.3. The average molecular weight is 502 g/mol. The predicted molar refractivity (Wildman–Crippen MR) is 125 cm³/mol. The van der Waals surface area contributed by atoms with Crippen LogP contribution in [0.15, 0.2) is 48.7 Å². The molecule has 0 amide bonds. The number of alkyl halides is 3. The van der Waals surface area contributed by atoms with E-state index in [1.165, 1.54) is 17.7 Å². The first-order chi connectivity index (χ1) is 16.7. The van der Waals surface area contributed by atoms with Crippen LogP contribution in [0.5, 0.6) is 0 Å². The van der Waals surface area contributed by atoms with Crippen LogP contribution >= 0.6 is 11.6 Å². The molecule has 0 spiro atoms. The van der Waals surface area contributed by atoms with Gasteiger partial charge in [-0.15, -0.1) is 0 Å². The number of nitrogens with one attached hydrogen (secondary N) is 1. The zero-order valence-electron chi connectivity index (χ0n) is 18.6. The molecule has 0 saturated heterocycles. The largest absolute Gasteiger partial charge is 0.434 e. The molecule has 2 heterocycles. The average Bonchev–Trinajstić information content (AvgIpc) is 3.46. The van der Waals surface area contributed by atoms with E-state index >= 15 is 0 Å². The minimum atomic E-state index is -4.50. The van der Waals surface area contributed by atoms with Gasteiger partial charge in [-0.25, -0.2) is 19.3 Å². The quantitative estimate of drug-likeness (QED) is 0.319. The molecule has 4 aromatic rings. The second-order valence-electron chi connectivity index (χ2n) is 8.38. The molecule has 0 atom stereocenters. The summed E-state index contributed by atoms with van der Waals surface area (Å²) >= 11 is 5.94. The summed E-state index contributed by atoms with van der Waals surface area (Å²) in [6.45, 7) is 0.426. The van der Waals surface area contributed by atoms with Crippen LogP contribution in [0.1, 0.15) is 28.9 Å². The summed E-state index contributed by atoms with van der Waals surface area (Å²) in [6.07, 6.45) is -0.959. The Kier molecular flexibility index (Phi) is 5.96. The number of aryl methyl sites for hydroxylation is 2. The van der Waals surface area contributed by atoms with Crippen LogP contribution < -0.4 is 5.32 Å². The third-order valence-corrected chi connectivity index (χ3v) is 6.26. The molecule has 5 rings (SSSR count). The Labute approximate surface area is 203 Å². The molecule has 5 nitrogen and oxygen atoms in total. The number of anilines is 1. The van der Waals surface area contributed by atoms with E-state index in [4.69, 9.17) is 11.6 Å². The number of rotatable bonds is 5. The van der Waals surface area contributed by atoms with Crippen molar-refractivity contribution in [2.24, 2.45) is 7.05 Å². The highest BCUT2D eigenvalue weighted by Gasteiger charge is 2.34. The van der Waals surface area contributed by atoms with Gasteiger partial charge in [0.2, 0.25) is 0 Å². The van der Waals surface area contributed by atoms with E-state index in [9.17, 15) is 17.6 Å². The van der Waals surface area contributed by atoms with Gasteiger partial charge in [-0.3, -0.25) is 0 Å². The van der Waals surface area contributed by atoms with Gasteiger partial charge in [0, 0.05) is 36.6 Å². The van der Waals surface area contributed by atoms with Crippen LogP contribution in [-0.4, -0.2) is 19.5 Å². The van der Waals surface area contributed by atoms with E-state index in [-0.39, 0.29) is 22.2 Å². The van der Waals surface area contributed by atoms with Crippen LogP contribution in [0, 0.1) is 5.82 Å². The molecule has 0 unspecified atom stereocenters. The number of hydrogen-bond acceptors (Lipinski definition) is 4. The van der Waals surface area contributed by atoms with E-state index in [0.29, 0.717) is 17.9 Å². The van der Waals surface area contributed by atoms with Crippen molar-refractivity contribution in [1.82, 2.24) is 19.5 Å². The van der Waals surface area contributed by atoms with Crippen LogP contribution in [0.3, 0.4) is 0 Å². The van der Waals surface area contributed by atoms with Crippen molar-refractivity contribution in [2.75, 3.05) is 5.32 Å². The smallest absolute Gasteiger partial charge is 0.366 e. The second kappa shape index (κ2) is 8.96. The maximum absolute atomic E-state index is 14.6. The topological polar surface area (TPSA) is 55.6 Å². The molecule has 1 N–H and O–H groups in total. The molecule has 0 fully saturated rings. The lowest BCUT2D eigenvalue weighted by Gasteiger charge is -2.13. The molecule has 180 valence electrons. The van der Waals surface area contributed by atoms with E-state index < -0.39 is 17.7 Å². The Hall–Kier alpha value is -3.46. The Morgan fingerprint density at radius 1 is 1.03 bits per heavy atom. The van der Waals surface area contributed by atoms with Crippen molar-refractivity contribution in [3.8, 4) is 22.8 Å². The van der Waals surface area contributed by atoms with Crippen molar-refractivity contribution >= 4 is 17.4 Å². The van der Waals surface area contributed by atoms with Gasteiger partial charge in [-0.2, -0.15) is 13.2 Å². The Bertz CT molecular complexity index is 1400. The SMILES string of the molecule is Cn1cc(C(F)(F)F)nc1-c1ccc(CNc2nc(-c3cccc(Cl)c3F)nc3c2CCC3)cc1. The Morgan fingerprint density at radius 2 is 1.80 bits per heavy atom. The summed E-state index contributed by atoms with van der Waals surface area (Å²) in [5.74, 6) is 0.596. The van der Waals surface area contributed by atoms with Gasteiger partial charge in [0.05, 0.1) is 10.6 Å². The predicted octanol–water partition coefficient (Wildman–Crippen LogP) is 6.46. The normalized spacial score (nSPS) is 13.2. The molecule has 1 aliphatic rings. The summed E-state index contributed by atoms with van der Waals surface area (Å²) < 4.78 is 54.9. The first-order valence-electron chi connectivity index (χ1n) is 11.0. The minimum absolute atomic E-state index is 0.0104. The lowest BCUT2D eigenvalue weighted by atomic mass is 10.1. The summed E-state index contributed by atoms with van der Waals surface area (Å²) in [5, 5.41) is 3.33. The first-order valence-corrected chi connectivity index (χ1v) is 11.4. The summed E-state index contributed by atoms with van der Waals surface area (Å²) in [4.78, 5) is 12.9. The minimum Gasteiger partial charge on any atom is -0.366 e. The van der Waals surface area contributed by atoms with Crippen molar-refractivity contribution < 1.29 is 17.6 Å². The molecule has 10 heteroatoms. The summed E-state index contributed by atoms with van der Waals surface area (Å²) in [6, 6.07) is 11.8. The highest BCUT2D eigenvalue weighted by Crippen LogP contribution is 2.33. The molecule has 0 radical (unpaired) electrons. The van der Waals surface area contributed by atoms with E-state index in [1.807, 2.05) is 12.1 Å². The van der Waals surface area contributed by atoms with E-state index in [1.54, 1.807) is 24.3 Å². The highest BCUT2D eigenvalue weighted by atomic mass is 35.5. The van der Waals surface area contributed by atoms with Crippen molar-refractivity contribution in [2.45, 2.75) is 32.0 Å². The fourth-order valence-corrected chi connectivity index (χ4v) is 4.38. The molecular weight excluding hydrogens is 482 g/mol. The molecule has 0 aliphatic heterocycles. The zero-order valence-corrected chi connectivity index (χ0v) is 19.4. The van der Waals surface area contributed by atoms with Gasteiger partial charge in [0.1, 0.15) is 11.6 Å². The number of hydrogen-bond donors (Lipinski definition) is 1. The molecule has 2 aromatic heterocycles. The number of fused-ring (bicyclic) bond motifs is 1. The summed E-state index contributed by atoms with van der Waals surface area (Å²) in [5.41, 5.74) is 2.70. The molecule has 35 heavy (non-hydrogen) atoms. The number of aromatic nitrogens is 4. The monoisotopic (exact) mass is 501 g/mol. The molecular formula is C25H20ClF4N5. The Balaban J connectivity index is 1.38. The zero-order chi connectivity index (χ0) is 24.7. The van der Waals surface area contributed by atoms with Crippen LogP contribution in [-0.2, 0) is 32.6 Å². The molecule has 2 aromatic carbocycles. The molecule has 0 bridgehead atoms. The maximum atomic E-state index is 14.6. The van der Waals surface area contributed by atoms with Crippen LogP contribution in [0.4, 0.5) is 23.4 Å². The molecule has 1 aliphatic carbocycles. The lowest BCUT2D eigenvalue weighted by Crippen LogP contribution is -2.08. The maximum Gasteiger partial charge on any atom is 0.434 e. The fraction of sp³-hybridized carbons (Fsp3) is 0.240. The second-order valence-corrected chi connectivity index (χ2v) is 8.79. The van der Waals surface area contributed by atoms with Gasteiger partial charge < -0.3 is 9.88 Å². The Morgan fingerprint density at radius 3 is 2.51 bits per heavy atom. The number of imidazole rings is 1. The van der Waals surface area contributed by atoms with E-state index in [2.05, 4.69) is 20.3 Å². The standard InChI is InChI=1S/C25H20ClF4N5/c1-35-13-20(25(28,29)30)33-24(35)15-10-8-14(9-11-15)12-31-22-16-4-3-7-19(16)32-23(34-22)17-5-2-6-18(26)21(17)27/h2,5-6,8-11,13H,3-4,7,12H2,1H3,(H,31,32,34). The van der Waals surface area contributed by atoms with Gasteiger partial charge in [-0.05, 0) is 37.0 Å². The van der Waals surface area contributed by atoms with Crippen LogP contribution in [0.25, 0.3) is 22.8 Å². The van der Waals surface area contributed by atoms with Gasteiger partial charge in [0.25, 0.3) is 0 Å². The highest BCUT2D eigenvalue weighted by molar-refractivity contribution is 6.31. The summed E-state index contributed by atoms with van der Waals surface area (Å²) in [7, 11) is 1.53. The van der Waals surface area contributed by atoms with Gasteiger partial charge in [0.15, 0.2) is 17.3 Å². The van der Waals surface area contributed by atoms with Crippen molar-refractivity contribution in [3.63, 3.8) is 0 Å². The molecule has 0 saturated carbocycles. The van der Waals surface area contributed by atoms with Gasteiger partial charge >= 0.3 is 6.18 Å². The van der Waals surface area contributed by atoms with E-state index in [0.717, 1.165) is 42.3 Å². The fourth-order valence-electron chi connectivity index (χ4n) is 4.20. The van der Waals surface area contributed by atoms with Crippen molar-refractivity contribution in [3.05, 3.63) is 82.0 Å². The van der Waals surface area contributed by atoms with Crippen LogP contribution in [0.2, 0.25) is 5.02 Å². The third-order valence-electron chi connectivity index (χ3n) is 5.96. The number of halogens is 5. The lowest BCUT2D eigenvalue weighted by molar-refractivity contribution is -0.140.